The Morgan fingerprint density at radius 3 is 2.48 bits per heavy atom. The number of carbonyl (C=O) groups is 2. The zero-order chi connectivity index (χ0) is 16.6. The summed E-state index contributed by atoms with van der Waals surface area (Å²) in [6.07, 6.45) is -3.16. The normalized spacial score (nSPS) is 16.6. The summed E-state index contributed by atoms with van der Waals surface area (Å²) in [5.74, 6) is -0.163. The first-order chi connectivity index (χ1) is 10.8. The maximum absolute atomic E-state index is 12.7. The van der Waals surface area contributed by atoms with Crippen LogP contribution in [0.15, 0.2) is 46.5 Å². The molecule has 0 aliphatic carbocycles. The van der Waals surface area contributed by atoms with Gasteiger partial charge in [-0.25, -0.2) is 4.79 Å². The van der Waals surface area contributed by atoms with Crippen molar-refractivity contribution in [2.45, 2.75) is 6.18 Å². The van der Waals surface area contributed by atoms with E-state index in [1.807, 2.05) is 5.32 Å². The fourth-order valence-corrected chi connectivity index (χ4v) is 2.06. The largest absolute Gasteiger partial charge is 0.457 e. The predicted octanol–water partition coefficient (Wildman–Crippen LogP) is 3.15. The van der Waals surface area contributed by atoms with Gasteiger partial charge in [0.25, 0.3) is 5.91 Å². The lowest BCUT2D eigenvalue weighted by molar-refractivity contribution is -0.137. The Bertz CT molecular complexity index is 821. The van der Waals surface area contributed by atoms with Crippen LogP contribution in [0.2, 0.25) is 0 Å². The van der Waals surface area contributed by atoms with Crippen LogP contribution in [0.25, 0.3) is 17.4 Å². The van der Waals surface area contributed by atoms with Crippen molar-refractivity contribution in [3.8, 4) is 11.3 Å². The molecule has 2 aromatic rings. The summed E-state index contributed by atoms with van der Waals surface area (Å²) in [5.41, 5.74) is -0.530. The average molecular weight is 322 g/mol. The van der Waals surface area contributed by atoms with Crippen molar-refractivity contribution in [1.29, 1.82) is 0 Å². The third kappa shape index (κ3) is 3.10. The quantitative estimate of drug-likeness (QED) is 0.659. The number of imide groups is 1. The topological polar surface area (TPSA) is 71.3 Å². The number of halogens is 3. The van der Waals surface area contributed by atoms with E-state index in [9.17, 15) is 22.8 Å². The number of hydrogen-bond donors (Lipinski definition) is 2. The highest BCUT2D eigenvalue weighted by atomic mass is 19.4. The molecular formula is C15H9F3N2O3. The van der Waals surface area contributed by atoms with Crippen LogP contribution >= 0.6 is 0 Å². The number of hydrogen-bond acceptors (Lipinski definition) is 3. The molecular weight excluding hydrogens is 313 g/mol. The molecule has 1 fully saturated rings. The number of amides is 3. The molecule has 1 aromatic heterocycles. The van der Waals surface area contributed by atoms with Gasteiger partial charge in [0.05, 0.1) is 5.56 Å². The SMILES string of the molecule is O=C1NC(=O)/C(=C\c2ccc(-c3cccc(C(F)(F)F)c3)o2)N1. The molecule has 1 aromatic carbocycles. The molecule has 1 aliphatic rings. The van der Waals surface area contributed by atoms with Crippen LogP contribution in [0.1, 0.15) is 11.3 Å². The van der Waals surface area contributed by atoms with Crippen LogP contribution in [0.5, 0.6) is 0 Å². The smallest absolute Gasteiger partial charge is 0.416 e. The Hall–Kier alpha value is -3.03. The van der Waals surface area contributed by atoms with Crippen molar-refractivity contribution < 1.29 is 27.2 Å². The second-order valence-electron chi connectivity index (χ2n) is 4.75. The van der Waals surface area contributed by atoms with Gasteiger partial charge in [0, 0.05) is 11.6 Å². The van der Waals surface area contributed by atoms with Gasteiger partial charge in [0.15, 0.2) is 0 Å². The van der Waals surface area contributed by atoms with Gasteiger partial charge in [0.2, 0.25) is 0 Å². The molecule has 118 valence electrons. The van der Waals surface area contributed by atoms with E-state index in [0.717, 1.165) is 12.1 Å². The van der Waals surface area contributed by atoms with Gasteiger partial charge >= 0.3 is 12.2 Å². The molecule has 3 amide bonds. The van der Waals surface area contributed by atoms with E-state index in [0.29, 0.717) is 0 Å². The Morgan fingerprint density at radius 1 is 1.04 bits per heavy atom. The number of urea groups is 1. The van der Waals surface area contributed by atoms with Crippen LogP contribution in [0.3, 0.4) is 0 Å². The zero-order valence-corrected chi connectivity index (χ0v) is 11.4. The van der Waals surface area contributed by atoms with E-state index in [4.69, 9.17) is 4.42 Å². The Labute approximate surface area is 127 Å². The molecule has 8 heteroatoms. The number of furan rings is 1. The van der Waals surface area contributed by atoms with E-state index in [2.05, 4.69) is 5.32 Å². The lowest BCUT2D eigenvalue weighted by atomic mass is 10.1. The lowest BCUT2D eigenvalue weighted by Gasteiger charge is -2.07. The van der Waals surface area contributed by atoms with Gasteiger partial charge in [-0.1, -0.05) is 12.1 Å². The minimum Gasteiger partial charge on any atom is -0.457 e. The first-order valence-corrected chi connectivity index (χ1v) is 6.44. The number of benzene rings is 1. The monoisotopic (exact) mass is 322 g/mol. The number of rotatable bonds is 2. The molecule has 2 N–H and O–H groups in total. The first-order valence-electron chi connectivity index (χ1n) is 6.44. The van der Waals surface area contributed by atoms with Gasteiger partial charge in [0.1, 0.15) is 17.2 Å². The summed E-state index contributed by atoms with van der Waals surface area (Å²) in [4.78, 5) is 22.4. The minimum absolute atomic E-state index is 0.0000535. The second-order valence-corrected chi connectivity index (χ2v) is 4.75. The van der Waals surface area contributed by atoms with Gasteiger partial charge in [-0.15, -0.1) is 0 Å². The van der Waals surface area contributed by atoms with Gasteiger partial charge in [-0.05, 0) is 24.3 Å². The van der Waals surface area contributed by atoms with Crippen LogP contribution in [0.4, 0.5) is 18.0 Å². The van der Waals surface area contributed by atoms with Gasteiger partial charge in [-0.3, -0.25) is 10.1 Å². The van der Waals surface area contributed by atoms with E-state index < -0.39 is 23.7 Å². The van der Waals surface area contributed by atoms with Crippen molar-refractivity contribution in [3.63, 3.8) is 0 Å². The van der Waals surface area contributed by atoms with Gasteiger partial charge < -0.3 is 9.73 Å². The molecule has 0 atom stereocenters. The molecule has 1 aliphatic heterocycles. The average Bonchev–Trinajstić information content (AvgIpc) is 3.06. The molecule has 1 saturated heterocycles. The zero-order valence-electron chi connectivity index (χ0n) is 11.4. The molecule has 0 unspecified atom stereocenters. The van der Waals surface area contributed by atoms with Crippen molar-refractivity contribution in [2.75, 3.05) is 0 Å². The van der Waals surface area contributed by atoms with Crippen molar-refractivity contribution >= 4 is 18.0 Å². The highest BCUT2D eigenvalue weighted by Gasteiger charge is 2.30. The van der Waals surface area contributed by atoms with E-state index in [-0.39, 0.29) is 22.8 Å². The van der Waals surface area contributed by atoms with Crippen molar-refractivity contribution in [1.82, 2.24) is 10.6 Å². The van der Waals surface area contributed by atoms with Crippen LogP contribution in [-0.4, -0.2) is 11.9 Å². The summed E-state index contributed by atoms with van der Waals surface area (Å²) < 4.78 is 43.6. The van der Waals surface area contributed by atoms with E-state index in [1.54, 1.807) is 0 Å². The minimum atomic E-state index is -4.44. The summed E-state index contributed by atoms with van der Waals surface area (Å²) in [6, 6.07) is 7.02. The second kappa shape index (κ2) is 5.31. The molecule has 5 nitrogen and oxygen atoms in total. The molecule has 2 heterocycles. The Morgan fingerprint density at radius 2 is 1.83 bits per heavy atom. The number of nitrogens with one attached hydrogen (secondary N) is 2. The predicted molar refractivity (Wildman–Crippen MR) is 73.8 cm³/mol. The van der Waals surface area contributed by atoms with Crippen LogP contribution < -0.4 is 10.6 Å². The Kier molecular flexibility index (Phi) is 3.44. The standard InChI is InChI=1S/C15H9F3N2O3/c16-15(17,18)9-3-1-2-8(6-9)12-5-4-10(23-12)7-11-13(21)20-14(22)19-11/h1-7H,(H2,19,20,21,22)/b11-7+. The molecule has 23 heavy (non-hydrogen) atoms. The maximum Gasteiger partial charge on any atom is 0.416 e. The molecule has 0 spiro atoms. The van der Waals surface area contributed by atoms with E-state index >= 15 is 0 Å². The fourth-order valence-electron chi connectivity index (χ4n) is 2.06. The van der Waals surface area contributed by atoms with Crippen LogP contribution in [-0.2, 0) is 11.0 Å². The maximum atomic E-state index is 12.7. The highest BCUT2D eigenvalue weighted by molar-refractivity contribution is 6.13. The number of carbonyl (C=O) groups excluding carboxylic acids is 2. The van der Waals surface area contributed by atoms with Crippen molar-refractivity contribution in [2.24, 2.45) is 0 Å². The summed E-state index contributed by atoms with van der Waals surface area (Å²) in [6.45, 7) is 0. The molecule has 0 radical (unpaired) electrons. The summed E-state index contributed by atoms with van der Waals surface area (Å²) >= 11 is 0. The molecule has 3 rings (SSSR count). The van der Waals surface area contributed by atoms with Crippen LogP contribution in [0, 0.1) is 0 Å². The third-order valence-corrected chi connectivity index (χ3v) is 3.11. The third-order valence-electron chi connectivity index (χ3n) is 3.11. The first kappa shape index (κ1) is 14.9. The summed E-state index contributed by atoms with van der Waals surface area (Å²) in [7, 11) is 0. The highest BCUT2D eigenvalue weighted by Crippen LogP contribution is 2.32. The molecule has 0 saturated carbocycles. The number of alkyl halides is 3. The van der Waals surface area contributed by atoms with E-state index in [1.165, 1.54) is 30.3 Å². The fraction of sp³-hybridized carbons (Fsp3) is 0.0667. The Balaban J connectivity index is 1.90. The summed E-state index contributed by atoms with van der Waals surface area (Å²) in [5, 5.41) is 4.31. The lowest BCUT2D eigenvalue weighted by Crippen LogP contribution is -2.22. The van der Waals surface area contributed by atoms with Gasteiger partial charge in [-0.2, -0.15) is 13.2 Å². The molecule has 0 bridgehead atoms. The van der Waals surface area contributed by atoms with Crippen molar-refractivity contribution in [3.05, 3.63) is 53.4 Å².